The molecule has 0 fully saturated rings. The predicted molar refractivity (Wildman–Crippen MR) is 119 cm³/mol. The number of aliphatic hydroxyl groups is 1. The smallest absolute Gasteiger partial charge is 0.179 e. The van der Waals surface area contributed by atoms with Gasteiger partial charge < -0.3 is 5.11 Å². The van der Waals surface area contributed by atoms with Gasteiger partial charge in [0.15, 0.2) is 9.84 Å². The Kier molecular flexibility index (Phi) is 7.03. The molecule has 0 radical (unpaired) electrons. The van der Waals surface area contributed by atoms with Crippen LogP contribution in [-0.2, 0) is 9.84 Å². The topological polar surface area (TPSA) is 54.4 Å². The second kappa shape index (κ2) is 9.19. The number of benzene rings is 2. The van der Waals surface area contributed by atoms with Crippen LogP contribution in [0.25, 0.3) is 0 Å². The Morgan fingerprint density at radius 3 is 2.20 bits per heavy atom. The first-order chi connectivity index (χ1) is 14.2. The summed E-state index contributed by atoms with van der Waals surface area (Å²) in [7, 11) is -3.58. The summed E-state index contributed by atoms with van der Waals surface area (Å²) in [6.45, 7) is 6.09. The summed E-state index contributed by atoms with van der Waals surface area (Å²) in [4.78, 5) is 0.302. The summed E-state index contributed by atoms with van der Waals surface area (Å²) in [6, 6.07) is 11.5. The van der Waals surface area contributed by atoms with Crippen molar-refractivity contribution in [3.8, 4) is 0 Å². The number of rotatable bonds is 7. The summed E-state index contributed by atoms with van der Waals surface area (Å²) in [5, 5.41) is 11.8. The number of hydrogen-bond acceptors (Lipinski definition) is 3. The Hall–Kier alpha value is -1.72. The molecule has 2 aromatic carbocycles. The van der Waals surface area contributed by atoms with Crippen LogP contribution in [-0.4, -0.2) is 25.4 Å². The maximum Gasteiger partial charge on any atom is 0.179 e. The minimum atomic E-state index is -3.58. The van der Waals surface area contributed by atoms with Crippen molar-refractivity contribution in [1.29, 1.82) is 0 Å². The molecule has 0 saturated heterocycles. The average Bonchev–Trinajstić information content (AvgIpc) is 2.77. The van der Waals surface area contributed by atoms with Gasteiger partial charge in [-0.15, -0.1) is 0 Å². The van der Waals surface area contributed by atoms with E-state index in [0.29, 0.717) is 23.3 Å². The fraction of sp³-hybridized carbons (Fsp3) is 0.520. The molecule has 0 aliphatic carbocycles. The van der Waals surface area contributed by atoms with Gasteiger partial charge >= 0.3 is 0 Å². The normalized spacial score (nSPS) is 22.3. The van der Waals surface area contributed by atoms with E-state index in [1.165, 1.54) is 12.1 Å². The number of hydrogen-bond donors (Lipinski definition) is 1. The Bertz CT molecular complexity index is 958. The van der Waals surface area contributed by atoms with Crippen LogP contribution in [0.5, 0.6) is 0 Å². The number of aryl methyl sites for hydroxylation is 1. The molecule has 0 amide bonds. The largest absolute Gasteiger partial charge is 0.392 e. The Morgan fingerprint density at radius 1 is 1.03 bits per heavy atom. The second-order valence-electron chi connectivity index (χ2n) is 8.84. The van der Waals surface area contributed by atoms with Crippen molar-refractivity contribution in [2.75, 3.05) is 5.75 Å². The van der Waals surface area contributed by atoms with Crippen molar-refractivity contribution < 1.29 is 17.9 Å². The van der Waals surface area contributed by atoms with Crippen molar-refractivity contribution in [2.45, 2.75) is 76.2 Å². The molecule has 0 bridgehead atoms. The molecule has 1 aliphatic rings. The monoisotopic (exact) mass is 432 g/mol. The van der Waals surface area contributed by atoms with Gasteiger partial charge in [-0.3, -0.25) is 0 Å². The third-order valence-corrected chi connectivity index (χ3v) is 8.54. The maximum atomic E-state index is 13.6. The van der Waals surface area contributed by atoms with Crippen molar-refractivity contribution in [3.05, 3.63) is 65.0 Å². The van der Waals surface area contributed by atoms with Gasteiger partial charge in [-0.25, -0.2) is 12.8 Å². The minimum absolute atomic E-state index is 0.0467. The first-order valence-corrected chi connectivity index (χ1v) is 12.7. The summed E-state index contributed by atoms with van der Waals surface area (Å²) in [5.74, 6) is -0.900. The van der Waals surface area contributed by atoms with Crippen LogP contribution in [0.1, 0.15) is 75.0 Å². The molecule has 0 unspecified atom stereocenters. The molecule has 2 atom stereocenters. The van der Waals surface area contributed by atoms with Crippen LogP contribution in [0, 0.1) is 18.2 Å². The standard InChI is InChI=1S/C25H33FO3S/c1-4-6-14-25(15-7-5-2)17-30(28,29)22-13-8-18(3)16-21(22)23(24(25)27)19-9-11-20(26)12-10-19/h8-13,16,23-24,27H,4-7,14-15,17H2,1-3H3/t23-,24-/m1/s1. The van der Waals surface area contributed by atoms with Crippen LogP contribution in [0.3, 0.4) is 0 Å². The molecule has 2 aromatic rings. The lowest BCUT2D eigenvalue weighted by molar-refractivity contribution is 0.0127. The first kappa shape index (κ1) is 23.0. The summed E-state index contributed by atoms with van der Waals surface area (Å²) >= 11 is 0. The van der Waals surface area contributed by atoms with Crippen LogP contribution in [0.4, 0.5) is 4.39 Å². The van der Waals surface area contributed by atoms with Gasteiger partial charge in [0, 0.05) is 11.3 Å². The van der Waals surface area contributed by atoms with E-state index in [2.05, 4.69) is 13.8 Å². The highest BCUT2D eigenvalue weighted by Gasteiger charge is 2.49. The van der Waals surface area contributed by atoms with Crippen molar-refractivity contribution in [2.24, 2.45) is 5.41 Å². The molecule has 0 aromatic heterocycles. The van der Waals surface area contributed by atoms with Crippen LogP contribution >= 0.6 is 0 Å². The number of sulfone groups is 1. The summed E-state index contributed by atoms with van der Waals surface area (Å²) < 4.78 is 40.7. The van der Waals surface area contributed by atoms with E-state index < -0.39 is 27.3 Å². The molecular weight excluding hydrogens is 399 g/mol. The van der Waals surface area contributed by atoms with Crippen molar-refractivity contribution in [1.82, 2.24) is 0 Å². The Labute approximate surface area is 180 Å². The highest BCUT2D eigenvalue weighted by atomic mass is 32.2. The van der Waals surface area contributed by atoms with Crippen molar-refractivity contribution in [3.63, 3.8) is 0 Å². The lowest BCUT2D eigenvalue weighted by Crippen LogP contribution is -2.43. The number of fused-ring (bicyclic) bond motifs is 1. The third-order valence-electron chi connectivity index (χ3n) is 6.54. The van der Waals surface area contributed by atoms with Crippen LogP contribution in [0.2, 0.25) is 0 Å². The molecule has 164 valence electrons. The molecule has 0 spiro atoms. The Balaban J connectivity index is 2.27. The van der Waals surface area contributed by atoms with Crippen LogP contribution in [0.15, 0.2) is 47.4 Å². The van der Waals surface area contributed by atoms with Gasteiger partial charge in [0.1, 0.15) is 5.82 Å². The zero-order valence-electron chi connectivity index (χ0n) is 18.2. The summed E-state index contributed by atoms with van der Waals surface area (Å²) in [5.41, 5.74) is 1.60. The van der Waals surface area contributed by atoms with Gasteiger partial charge in [-0.05, 0) is 49.1 Å². The van der Waals surface area contributed by atoms with E-state index in [9.17, 15) is 17.9 Å². The summed E-state index contributed by atoms with van der Waals surface area (Å²) in [6.07, 6.45) is 4.06. The van der Waals surface area contributed by atoms with E-state index >= 15 is 0 Å². The SMILES string of the molecule is CCCCC1(CCCC)CS(=O)(=O)c2ccc(C)cc2[C@@H](c2ccc(F)cc2)[C@H]1O. The van der Waals surface area contributed by atoms with E-state index in [4.69, 9.17) is 0 Å². The molecule has 3 nitrogen and oxygen atoms in total. The quantitative estimate of drug-likeness (QED) is 0.603. The second-order valence-corrected chi connectivity index (χ2v) is 10.8. The van der Waals surface area contributed by atoms with E-state index in [-0.39, 0.29) is 11.6 Å². The highest BCUT2D eigenvalue weighted by molar-refractivity contribution is 7.91. The zero-order valence-corrected chi connectivity index (χ0v) is 19.0. The average molecular weight is 433 g/mol. The lowest BCUT2D eigenvalue weighted by Gasteiger charge is -2.40. The van der Waals surface area contributed by atoms with Crippen molar-refractivity contribution >= 4 is 9.84 Å². The van der Waals surface area contributed by atoms with E-state index in [1.54, 1.807) is 18.2 Å². The number of halogens is 1. The first-order valence-electron chi connectivity index (χ1n) is 11.0. The van der Waals surface area contributed by atoms with Crippen LogP contribution < -0.4 is 0 Å². The fourth-order valence-corrected chi connectivity index (χ4v) is 7.11. The fourth-order valence-electron chi connectivity index (χ4n) is 4.91. The predicted octanol–water partition coefficient (Wildman–Crippen LogP) is 5.78. The van der Waals surface area contributed by atoms with Gasteiger partial charge in [-0.1, -0.05) is 69.4 Å². The molecule has 5 heteroatoms. The lowest BCUT2D eigenvalue weighted by atomic mass is 9.68. The molecule has 30 heavy (non-hydrogen) atoms. The Morgan fingerprint density at radius 2 is 1.63 bits per heavy atom. The van der Waals surface area contributed by atoms with E-state index in [0.717, 1.165) is 36.8 Å². The molecule has 0 saturated carbocycles. The zero-order chi connectivity index (χ0) is 21.9. The van der Waals surface area contributed by atoms with Gasteiger partial charge in [0.2, 0.25) is 0 Å². The van der Waals surface area contributed by atoms with Gasteiger partial charge in [-0.2, -0.15) is 0 Å². The number of aliphatic hydroxyl groups excluding tert-OH is 1. The molecule has 3 rings (SSSR count). The molecule has 1 N–H and O–H groups in total. The molecule has 1 heterocycles. The molecule has 1 aliphatic heterocycles. The third kappa shape index (κ3) is 4.47. The number of unbranched alkanes of at least 4 members (excludes halogenated alkanes) is 2. The van der Waals surface area contributed by atoms with Gasteiger partial charge in [0.25, 0.3) is 0 Å². The maximum absolute atomic E-state index is 13.6. The highest BCUT2D eigenvalue weighted by Crippen LogP contribution is 2.49. The van der Waals surface area contributed by atoms with Gasteiger partial charge in [0.05, 0.1) is 16.8 Å². The van der Waals surface area contributed by atoms with E-state index in [1.807, 2.05) is 19.1 Å². The molecular formula is C25H33FO3S. The minimum Gasteiger partial charge on any atom is -0.392 e.